The van der Waals surface area contributed by atoms with Crippen molar-refractivity contribution in [2.75, 3.05) is 0 Å². The van der Waals surface area contributed by atoms with E-state index in [1.165, 1.54) is 0 Å². The molecule has 1 aliphatic rings. The summed E-state index contributed by atoms with van der Waals surface area (Å²) in [6.07, 6.45) is 3.96. The van der Waals surface area contributed by atoms with E-state index in [4.69, 9.17) is 11.6 Å². The number of alkyl halides is 3. The fourth-order valence-corrected chi connectivity index (χ4v) is 2.22. The predicted octanol–water partition coefficient (Wildman–Crippen LogP) is 3.60. The van der Waals surface area contributed by atoms with Crippen LogP contribution in [0.4, 0.5) is 8.78 Å². The van der Waals surface area contributed by atoms with Crippen LogP contribution in [0, 0.1) is 11.8 Å². The molecule has 4 heteroatoms. The Kier molecular flexibility index (Phi) is 3.87. The van der Waals surface area contributed by atoms with Crippen LogP contribution >= 0.6 is 11.6 Å². The van der Waals surface area contributed by atoms with Crippen molar-refractivity contribution < 1.29 is 13.6 Å². The topological polar surface area (TPSA) is 17.1 Å². The third-order valence-electron chi connectivity index (χ3n) is 3.07. The van der Waals surface area contributed by atoms with Crippen LogP contribution in [0.15, 0.2) is 0 Å². The highest BCUT2D eigenvalue weighted by Gasteiger charge is 2.41. The minimum Gasteiger partial charge on any atom is -0.291 e. The lowest BCUT2D eigenvalue weighted by Gasteiger charge is -2.27. The second-order valence-corrected chi connectivity index (χ2v) is 4.46. The molecule has 0 aromatic heterocycles. The Bertz CT molecular complexity index is 205. The summed E-state index contributed by atoms with van der Waals surface area (Å²) in [5, 5.41) is -3.66. The van der Waals surface area contributed by atoms with Crippen LogP contribution in [0.1, 0.15) is 39.0 Å². The molecule has 0 aromatic rings. The molecule has 1 saturated carbocycles. The lowest BCUT2D eigenvalue weighted by Crippen LogP contribution is -2.32. The monoisotopic (exact) mass is 224 g/mol. The third-order valence-corrected chi connectivity index (χ3v) is 3.26. The first-order valence-electron chi connectivity index (χ1n) is 5.06. The Labute approximate surface area is 87.8 Å². The van der Waals surface area contributed by atoms with Crippen molar-refractivity contribution in [1.29, 1.82) is 0 Å². The fraction of sp³-hybridized carbons (Fsp3) is 0.900. The Balaban J connectivity index is 2.46. The number of carbonyl (C=O) groups excluding carboxylic acids is 1. The van der Waals surface area contributed by atoms with Gasteiger partial charge in [-0.2, -0.15) is 8.78 Å². The van der Waals surface area contributed by atoms with E-state index in [2.05, 4.69) is 6.92 Å². The van der Waals surface area contributed by atoms with Crippen LogP contribution in [0.5, 0.6) is 0 Å². The number of halogens is 3. The summed E-state index contributed by atoms with van der Waals surface area (Å²) < 4.78 is 25.0. The van der Waals surface area contributed by atoms with Gasteiger partial charge in [0.1, 0.15) is 0 Å². The van der Waals surface area contributed by atoms with Crippen molar-refractivity contribution in [3.63, 3.8) is 0 Å². The first kappa shape index (κ1) is 11.9. The molecule has 0 spiro atoms. The Morgan fingerprint density at radius 1 is 1.36 bits per heavy atom. The van der Waals surface area contributed by atoms with Crippen molar-refractivity contribution in [2.45, 2.75) is 44.4 Å². The number of ketones is 1. The smallest absolute Gasteiger partial charge is 0.291 e. The molecule has 0 bridgehead atoms. The predicted molar refractivity (Wildman–Crippen MR) is 51.5 cm³/mol. The molecule has 0 radical (unpaired) electrons. The molecular weight excluding hydrogens is 210 g/mol. The van der Waals surface area contributed by atoms with Crippen LogP contribution in [0.25, 0.3) is 0 Å². The number of hydrogen-bond acceptors (Lipinski definition) is 1. The molecule has 0 aliphatic heterocycles. The molecule has 0 unspecified atom stereocenters. The zero-order valence-electron chi connectivity index (χ0n) is 8.23. The Hall–Kier alpha value is -0.180. The van der Waals surface area contributed by atoms with E-state index in [0.717, 1.165) is 19.3 Å². The molecule has 0 saturated heterocycles. The number of carbonyl (C=O) groups is 1. The van der Waals surface area contributed by atoms with Gasteiger partial charge in [-0.1, -0.05) is 13.3 Å². The largest absolute Gasteiger partial charge is 0.380 e. The van der Waals surface area contributed by atoms with E-state index < -0.39 is 17.1 Å². The molecule has 0 aromatic carbocycles. The SMILES string of the molecule is CCC1CCC(C(=O)C(F)(F)Cl)CC1. The van der Waals surface area contributed by atoms with Crippen molar-refractivity contribution in [2.24, 2.45) is 11.8 Å². The average molecular weight is 225 g/mol. The Morgan fingerprint density at radius 3 is 2.21 bits per heavy atom. The number of hydrogen-bond donors (Lipinski definition) is 0. The standard InChI is InChI=1S/C10H15ClF2O/c1-2-7-3-5-8(6-4-7)9(14)10(11,12)13/h7-8H,2-6H2,1H3. The first-order chi connectivity index (χ1) is 6.45. The second kappa shape index (κ2) is 4.56. The number of rotatable bonds is 3. The van der Waals surface area contributed by atoms with Gasteiger partial charge >= 0.3 is 5.38 Å². The molecule has 82 valence electrons. The molecule has 0 N–H and O–H groups in total. The molecule has 0 heterocycles. The van der Waals surface area contributed by atoms with Crippen molar-refractivity contribution >= 4 is 17.4 Å². The van der Waals surface area contributed by atoms with Crippen molar-refractivity contribution in [3.05, 3.63) is 0 Å². The fourth-order valence-electron chi connectivity index (χ4n) is 2.06. The summed E-state index contributed by atoms with van der Waals surface area (Å²) in [6, 6.07) is 0. The quantitative estimate of drug-likeness (QED) is 0.670. The van der Waals surface area contributed by atoms with Crippen molar-refractivity contribution in [3.8, 4) is 0 Å². The third kappa shape index (κ3) is 2.91. The molecule has 0 atom stereocenters. The van der Waals surface area contributed by atoms with E-state index >= 15 is 0 Å². The lowest BCUT2D eigenvalue weighted by atomic mass is 9.79. The van der Waals surface area contributed by atoms with Crippen molar-refractivity contribution in [1.82, 2.24) is 0 Å². The minimum absolute atomic E-state index is 0.523. The molecule has 1 nitrogen and oxygen atoms in total. The lowest BCUT2D eigenvalue weighted by molar-refractivity contribution is -0.139. The van der Waals surface area contributed by atoms with Gasteiger partial charge < -0.3 is 0 Å². The highest BCUT2D eigenvalue weighted by Crippen LogP contribution is 2.35. The van der Waals surface area contributed by atoms with E-state index in [1.54, 1.807) is 0 Å². The van der Waals surface area contributed by atoms with Crippen LogP contribution in [-0.4, -0.2) is 11.2 Å². The molecular formula is C10H15ClF2O. The van der Waals surface area contributed by atoms with E-state index in [9.17, 15) is 13.6 Å². The summed E-state index contributed by atoms with van der Waals surface area (Å²) in [5.74, 6) is -1.01. The van der Waals surface area contributed by atoms with Crippen LogP contribution < -0.4 is 0 Å². The summed E-state index contributed by atoms with van der Waals surface area (Å²) >= 11 is 4.70. The van der Waals surface area contributed by atoms with E-state index in [0.29, 0.717) is 18.8 Å². The molecule has 14 heavy (non-hydrogen) atoms. The van der Waals surface area contributed by atoms with Crippen LogP contribution in [0.2, 0.25) is 0 Å². The summed E-state index contributed by atoms with van der Waals surface area (Å²) in [7, 11) is 0. The Morgan fingerprint density at radius 2 is 1.86 bits per heavy atom. The van der Waals surface area contributed by atoms with Gasteiger partial charge in [0.15, 0.2) is 0 Å². The highest BCUT2D eigenvalue weighted by molar-refractivity contribution is 6.32. The van der Waals surface area contributed by atoms with Gasteiger partial charge in [-0.25, -0.2) is 0 Å². The molecule has 0 amide bonds. The highest BCUT2D eigenvalue weighted by atomic mass is 35.5. The van der Waals surface area contributed by atoms with Gasteiger partial charge in [0.2, 0.25) is 5.78 Å². The first-order valence-corrected chi connectivity index (χ1v) is 5.44. The van der Waals surface area contributed by atoms with Crippen LogP contribution in [-0.2, 0) is 4.79 Å². The average Bonchev–Trinajstić information content (AvgIpc) is 2.15. The summed E-state index contributed by atoms with van der Waals surface area (Å²) in [5.41, 5.74) is 0. The molecule has 1 rings (SSSR count). The minimum atomic E-state index is -3.66. The zero-order chi connectivity index (χ0) is 10.8. The van der Waals surface area contributed by atoms with Gasteiger partial charge in [-0.05, 0) is 43.2 Å². The molecule has 1 aliphatic carbocycles. The zero-order valence-corrected chi connectivity index (χ0v) is 8.99. The van der Waals surface area contributed by atoms with Gasteiger partial charge in [-0.15, -0.1) is 0 Å². The van der Waals surface area contributed by atoms with Gasteiger partial charge in [0.25, 0.3) is 0 Å². The number of Topliss-reactive ketones (excluding diaryl/α,β-unsaturated/α-hetero) is 1. The van der Waals surface area contributed by atoms with Gasteiger partial charge in [0, 0.05) is 5.92 Å². The molecule has 1 fully saturated rings. The van der Waals surface area contributed by atoms with Crippen LogP contribution in [0.3, 0.4) is 0 Å². The summed E-state index contributed by atoms with van der Waals surface area (Å²) in [6.45, 7) is 2.09. The van der Waals surface area contributed by atoms with E-state index in [1.807, 2.05) is 0 Å². The maximum absolute atomic E-state index is 12.5. The second-order valence-electron chi connectivity index (χ2n) is 3.99. The maximum atomic E-state index is 12.5. The maximum Gasteiger partial charge on any atom is 0.380 e. The van der Waals surface area contributed by atoms with Gasteiger partial charge in [0.05, 0.1) is 0 Å². The normalized spacial score (nSPS) is 28.9. The van der Waals surface area contributed by atoms with E-state index in [-0.39, 0.29) is 0 Å². The van der Waals surface area contributed by atoms with Gasteiger partial charge in [-0.3, -0.25) is 4.79 Å². The summed E-state index contributed by atoms with van der Waals surface area (Å²) in [4.78, 5) is 11.1.